The van der Waals surface area contributed by atoms with E-state index >= 15 is 0 Å². The number of carbonyl (C=O) groups excluding carboxylic acids is 2. The smallest absolute Gasteiger partial charge is 0.315 e. The Kier molecular flexibility index (Phi) is 6.23. The maximum absolute atomic E-state index is 12.3. The summed E-state index contributed by atoms with van der Waals surface area (Å²) in [6.45, 7) is 1.77. The normalized spacial score (nSPS) is 11.6. The van der Waals surface area contributed by atoms with Gasteiger partial charge >= 0.3 is 5.97 Å². The second kappa shape index (κ2) is 8.39. The van der Waals surface area contributed by atoms with E-state index in [2.05, 4.69) is 10.1 Å². The maximum Gasteiger partial charge on any atom is 0.315 e. The summed E-state index contributed by atoms with van der Waals surface area (Å²) < 4.78 is 4.58. The number of thioether (sulfide) groups is 1. The quantitative estimate of drug-likeness (QED) is 0.823. The minimum absolute atomic E-state index is 0.137. The van der Waals surface area contributed by atoms with Gasteiger partial charge < -0.3 is 10.1 Å². The molecule has 1 N–H and O–H groups in total. The number of methoxy groups -OCH3 is 1. The van der Waals surface area contributed by atoms with Crippen molar-refractivity contribution in [1.29, 1.82) is 0 Å². The summed E-state index contributed by atoms with van der Waals surface area (Å²) in [5, 5.41) is 2.59. The molecule has 0 fully saturated rings. The number of nitrogens with one attached hydrogen (secondary N) is 1. The van der Waals surface area contributed by atoms with Crippen molar-refractivity contribution >= 4 is 29.3 Å². The highest BCUT2D eigenvalue weighted by Gasteiger charge is 2.17. The van der Waals surface area contributed by atoms with E-state index in [1.165, 1.54) is 18.9 Å². The Labute approximate surface area is 140 Å². The third-order valence-electron chi connectivity index (χ3n) is 3.32. The number of amides is 1. The third kappa shape index (κ3) is 4.86. The Bertz CT molecular complexity index is 673. The Balaban J connectivity index is 2.08. The highest BCUT2D eigenvalue weighted by Crippen LogP contribution is 2.28. The van der Waals surface area contributed by atoms with Gasteiger partial charge in [0.25, 0.3) is 0 Å². The molecule has 0 aliphatic heterocycles. The topological polar surface area (TPSA) is 55.4 Å². The van der Waals surface area contributed by atoms with E-state index in [-0.39, 0.29) is 22.9 Å². The van der Waals surface area contributed by atoms with Crippen molar-refractivity contribution in [1.82, 2.24) is 0 Å². The fourth-order valence-corrected chi connectivity index (χ4v) is 2.74. The van der Waals surface area contributed by atoms with E-state index < -0.39 is 0 Å². The standard InChI is InChI=1S/C18H19NO3S/c1-13(23-12-17(20)22-2)18(21)19-16-11-7-6-10-15(16)14-8-4-3-5-9-14/h3-11,13H,12H2,1-2H3,(H,19,21). The molecule has 2 aromatic rings. The summed E-state index contributed by atoms with van der Waals surface area (Å²) in [6.07, 6.45) is 0. The van der Waals surface area contributed by atoms with Crippen molar-refractivity contribution < 1.29 is 14.3 Å². The average Bonchev–Trinajstić information content (AvgIpc) is 2.60. The van der Waals surface area contributed by atoms with E-state index in [0.717, 1.165) is 16.8 Å². The van der Waals surface area contributed by atoms with E-state index in [0.29, 0.717) is 0 Å². The summed E-state index contributed by atoms with van der Waals surface area (Å²) >= 11 is 1.25. The Hall–Kier alpha value is -2.27. The molecule has 2 aromatic carbocycles. The Morgan fingerprint density at radius 2 is 1.74 bits per heavy atom. The number of ether oxygens (including phenoxy) is 1. The first-order chi connectivity index (χ1) is 11.1. The van der Waals surface area contributed by atoms with Gasteiger partial charge in [-0.15, -0.1) is 11.8 Å². The average molecular weight is 329 g/mol. The molecule has 0 saturated carbocycles. The van der Waals surface area contributed by atoms with Gasteiger partial charge in [0.05, 0.1) is 18.1 Å². The number of carbonyl (C=O) groups is 2. The van der Waals surface area contributed by atoms with Crippen molar-refractivity contribution in [3.8, 4) is 11.1 Å². The summed E-state index contributed by atoms with van der Waals surface area (Å²) in [5.41, 5.74) is 2.76. The number of benzene rings is 2. The second-order valence-electron chi connectivity index (χ2n) is 4.93. The van der Waals surface area contributed by atoms with Gasteiger partial charge in [0.2, 0.25) is 5.91 Å². The predicted octanol–water partition coefficient (Wildman–Crippen LogP) is 3.59. The molecule has 0 heterocycles. The molecular formula is C18H19NO3S. The van der Waals surface area contributed by atoms with Crippen LogP contribution in [0.3, 0.4) is 0 Å². The largest absolute Gasteiger partial charge is 0.468 e. The van der Waals surface area contributed by atoms with Crippen molar-refractivity contribution in [2.24, 2.45) is 0 Å². The molecule has 0 aliphatic rings. The maximum atomic E-state index is 12.3. The minimum atomic E-state index is -0.349. The number of para-hydroxylation sites is 1. The van der Waals surface area contributed by atoms with Crippen LogP contribution in [0.4, 0.5) is 5.69 Å². The molecule has 1 unspecified atom stereocenters. The lowest BCUT2D eigenvalue weighted by atomic mass is 10.0. The van der Waals surface area contributed by atoms with Gasteiger partial charge in [0.1, 0.15) is 0 Å². The molecule has 0 spiro atoms. The van der Waals surface area contributed by atoms with Gasteiger partial charge in [-0.25, -0.2) is 0 Å². The van der Waals surface area contributed by atoms with E-state index in [4.69, 9.17) is 0 Å². The highest BCUT2D eigenvalue weighted by atomic mass is 32.2. The third-order valence-corrected chi connectivity index (χ3v) is 4.43. The molecule has 0 saturated heterocycles. The zero-order valence-corrected chi connectivity index (χ0v) is 13.9. The van der Waals surface area contributed by atoms with Crippen molar-refractivity contribution in [2.45, 2.75) is 12.2 Å². The number of hydrogen-bond donors (Lipinski definition) is 1. The number of esters is 1. The first kappa shape index (κ1) is 17.1. The summed E-state index contributed by atoms with van der Waals surface area (Å²) in [6, 6.07) is 17.5. The fourth-order valence-electron chi connectivity index (χ4n) is 2.02. The molecular weight excluding hydrogens is 310 g/mol. The SMILES string of the molecule is COC(=O)CSC(C)C(=O)Nc1ccccc1-c1ccccc1. The highest BCUT2D eigenvalue weighted by molar-refractivity contribution is 8.01. The number of hydrogen-bond acceptors (Lipinski definition) is 4. The van der Waals surface area contributed by atoms with Gasteiger partial charge in [0, 0.05) is 11.3 Å². The van der Waals surface area contributed by atoms with Crippen molar-refractivity contribution in [2.75, 3.05) is 18.2 Å². The molecule has 120 valence electrons. The van der Waals surface area contributed by atoms with Crippen LogP contribution in [-0.4, -0.2) is 30.0 Å². The molecule has 1 atom stereocenters. The van der Waals surface area contributed by atoms with Crippen LogP contribution in [0.25, 0.3) is 11.1 Å². The molecule has 23 heavy (non-hydrogen) atoms. The first-order valence-corrected chi connectivity index (χ1v) is 8.30. The van der Waals surface area contributed by atoms with Gasteiger partial charge in [0.15, 0.2) is 0 Å². The van der Waals surface area contributed by atoms with Gasteiger partial charge in [-0.1, -0.05) is 48.5 Å². The lowest BCUT2D eigenvalue weighted by molar-refractivity contribution is -0.137. The minimum Gasteiger partial charge on any atom is -0.468 e. The zero-order chi connectivity index (χ0) is 16.7. The first-order valence-electron chi connectivity index (χ1n) is 7.25. The molecule has 0 aliphatic carbocycles. The summed E-state index contributed by atoms with van der Waals surface area (Å²) in [7, 11) is 1.34. The van der Waals surface area contributed by atoms with Crippen LogP contribution in [-0.2, 0) is 14.3 Å². The summed E-state index contributed by atoms with van der Waals surface area (Å²) in [5.74, 6) is -0.313. The predicted molar refractivity (Wildman–Crippen MR) is 94.4 cm³/mol. The molecule has 0 radical (unpaired) electrons. The van der Waals surface area contributed by atoms with Gasteiger partial charge in [-0.3, -0.25) is 9.59 Å². The Morgan fingerprint density at radius 3 is 2.43 bits per heavy atom. The molecule has 0 aromatic heterocycles. The van der Waals surface area contributed by atoms with Gasteiger partial charge in [-0.2, -0.15) is 0 Å². The number of rotatable bonds is 6. The van der Waals surface area contributed by atoms with Crippen LogP contribution < -0.4 is 5.32 Å². The van der Waals surface area contributed by atoms with Crippen LogP contribution in [0.2, 0.25) is 0 Å². The van der Waals surface area contributed by atoms with Gasteiger partial charge in [-0.05, 0) is 18.6 Å². The van der Waals surface area contributed by atoms with E-state index in [1.54, 1.807) is 6.92 Å². The fraction of sp³-hybridized carbons (Fsp3) is 0.222. The lowest BCUT2D eigenvalue weighted by Crippen LogP contribution is -2.24. The van der Waals surface area contributed by atoms with E-state index in [1.807, 2.05) is 54.6 Å². The van der Waals surface area contributed by atoms with Crippen LogP contribution in [0.1, 0.15) is 6.92 Å². The van der Waals surface area contributed by atoms with Crippen molar-refractivity contribution in [3.63, 3.8) is 0 Å². The molecule has 2 rings (SSSR count). The molecule has 4 nitrogen and oxygen atoms in total. The van der Waals surface area contributed by atoms with Crippen LogP contribution in [0.15, 0.2) is 54.6 Å². The summed E-state index contributed by atoms with van der Waals surface area (Å²) in [4.78, 5) is 23.5. The van der Waals surface area contributed by atoms with Crippen LogP contribution >= 0.6 is 11.8 Å². The molecule has 0 bridgehead atoms. The van der Waals surface area contributed by atoms with E-state index in [9.17, 15) is 9.59 Å². The Morgan fingerprint density at radius 1 is 1.09 bits per heavy atom. The van der Waals surface area contributed by atoms with Crippen LogP contribution in [0, 0.1) is 0 Å². The van der Waals surface area contributed by atoms with Crippen LogP contribution in [0.5, 0.6) is 0 Å². The second-order valence-corrected chi connectivity index (χ2v) is 6.26. The number of anilines is 1. The molecule has 5 heteroatoms. The van der Waals surface area contributed by atoms with Crippen molar-refractivity contribution in [3.05, 3.63) is 54.6 Å². The monoisotopic (exact) mass is 329 g/mol. The lowest BCUT2D eigenvalue weighted by Gasteiger charge is -2.14. The molecule has 1 amide bonds. The zero-order valence-electron chi connectivity index (χ0n) is 13.1.